The second-order valence-electron chi connectivity index (χ2n) is 3.92. The summed E-state index contributed by atoms with van der Waals surface area (Å²) in [6, 6.07) is 4.04. The highest BCUT2D eigenvalue weighted by Gasteiger charge is 2.03. The highest BCUT2D eigenvalue weighted by molar-refractivity contribution is 5.85. The van der Waals surface area contributed by atoms with E-state index in [9.17, 15) is 9.90 Å². The maximum Gasteiger partial charge on any atom is 0.240 e. The van der Waals surface area contributed by atoms with E-state index in [2.05, 4.69) is 10.5 Å². The van der Waals surface area contributed by atoms with Crippen LogP contribution in [-0.4, -0.2) is 33.5 Å². The first-order chi connectivity index (χ1) is 8.49. The number of nitrogens with zero attached hydrogens (tertiary/aromatic N) is 1. The first-order valence-electron chi connectivity index (χ1n) is 5.51. The van der Waals surface area contributed by atoms with E-state index in [-0.39, 0.29) is 23.8 Å². The van der Waals surface area contributed by atoms with Gasteiger partial charge in [0.25, 0.3) is 0 Å². The van der Waals surface area contributed by atoms with E-state index >= 15 is 0 Å². The van der Waals surface area contributed by atoms with Crippen molar-refractivity contribution in [2.45, 2.75) is 25.9 Å². The third-order valence-corrected chi connectivity index (χ3v) is 2.20. The number of hydrogen-bond donors (Lipinski definition) is 4. The predicted molar refractivity (Wildman–Crippen MR) is 66.4 cm³/mol. The fraction of sp³-hybridized carbons (Fsp3) is 0.333. The number of benzene rings is 1. The van der Waals surface area contributed by atoms with E-state index in [4.69, 9.17) is 10.2 Å². The van der Waals surface area contributed by atoms with Crippen molar-refractivity contribution in [3.8, 4) is 11.5 Å². The van der Waals surface area contributed by atoms with E-state index in [0.717, 1.165) is 0 Å². The lowest BCUT2D eigenvalue weighted by atomic mass is 10.2. The van der Waals surface area contributed by atoms with Crippen LogP contribution in [0.3, 0.4) is 0 Å². The van der Waals surface area contributed by atoms with Crippen LogP contribution in [0, 0.1) is 0 Å². The van der Waals surface area contributed by atoms with E-state index in [1.807, 2.05) is 0 Å². The zero-order valence-corrected chi connectivity index (χ0v) is 10.00. The summed E-state index contributed by atoms with van der Waals surface area (Å²) in [4.78, 5) is 11.2. The Bertz CT molecular complexity index is 444. The molecule has 0 saturated carbocycles. The number of phenols is 2. The average Bonchev–Trinajstić information content (AvgIpc) is 2.29. The van der Waals surface area contributed by atoms with E-state index in [1.54, 1.807) is 6.92 Å². The van der Waals surface area contributed by atoms with Gasteiger partial charge in [0.15, 0.2) is 0 Å². The topological polar surface area (TPSA) is 102 Å². The third kappa shape index (κ3) is 4.84. The minimum Gasteiger partial charge on any atom is -0.508 e. The van der Waals surface area contributed by atoms with Crippen molar-refractivity contribution >= 4 is 12.1 Å². The van der Waals surface area contributed by atoms with Crippen LogP contribution in [0.1, 0.15) is 25.3 Å². The molecule has 0 radical (unpaired) electrons. The van der Waals surface area contributed by atoms with Crippen molar-refractivity contribution in [1.29, 1.82) is 0 Å². The van der Waals surface area contributed by atoms with Crippen LogP contribution in [-0.2, 0) is 4.79 Å². The number of aliphatic hydroxyl groups excluding tert-OH is 1. The highest BCUT2D eigenvalue weighted by Crippen LogP contribution is 2.20. The van der Waals surface area contributed by atoms with Gasteiger partial charge in [-0.15, -0.1) is 0 Å². The molecule has 0 aliphatic rings. The lowest BCUT2D eigenvalue weighted by molar-refractivity contribution is -0.121. The largest absolute Gasteiger partial charge is 0.508 e. The molecule has 0 fully saturated rings. The SMILES string of the molecule is C[C@@H](O)CCC(=O)N/N=C/c1ccc(O)cc1O. The fourth-order valence-corrected chi connectivity index (χ4v) is 1.21. The number of carbonyl (C=O) groups is 1. The van der Waals surface area contributed by atoms with E-state index in [0.29, 0.717) is 12.0 Å². The van der Waals surface area contributed by atoms with Gasteiger partial charge < -0.3 is 15.3 Å². The summed E-state index contributed by atoms with van der Waals surface area (Å²) >= 11 is 0. The van der Waals surface area contributed by atoms with Gasteiger partial charge in [-0.2, -0.15) is 5.10 Å². The number of aliphatic hydroxyl groups is 1. The molecule has 0 aromatic heterocycles. The molecule has 6 nitrogen and oxygen atoms in total. The van der Waals surface area contributed by atoms with Crippen molar-refractivity contribution < 1.29 is 20.1 Å². The maximum absolute atomic E-state index is 11.2. The normalized spacial score (nSPS) is 12.6. The summed E-state index contributed by atoms with van der Waals surface area (Å²) in [5.41, 5.74) is 2.65. The second kappa shape index (κ2) is 6.61. The number of aromatic hydroxyl groups is 2. The van der Waals surface area contributed by atoms with Gasteiger partial charge in [-0.1, -0.05) is 0 Å². The van der Waals surface area contributed by atoms with Crippen molar-refractivity contribution in [3.63, 3.8) is 0 Å². The Hall–Kier alpha value is -2.08. The summed E-state index contributed by atoms with van der Waals surface area (Å²) in [7, 11) is 0. The predicted octanol–water partition coefficient (Wildman–Crippen LogP) is 0.709. The fourth-order valence-electron chi connectivity index (χ4n) is 1.21. The van der Waals surface area contributed by atoms with Crippen molar-refractivity contribution in [1.82, 2.24) is 5.43 Å². The Morgan fingerprint density at radius 1 is 1.50 bits per heavy atom. The van der Waals surface area contributed by atoms with Gasteiger partial charge in [0.05, 0.1) is 12.3 Å². The maximum atomic E-state index is 11.2. The molecule has 1 rings (SSSR count). The molecule has 4 N–H and O–H groups in total. The van der Waals surface area contributed by atoms with Gasteiger partial charge in [0.2, 0.25) is 5.91 Å². The molecule has 0 bridgehead atoms. The first kappa shape index (κ1) is 14.0. The molecule has 0 aliphatic carbocycles. The minimum absolute atomic E-state index is 0.0504. The third-order valence-electron chi connectivity index (χ3n) is 2.20. The Morgan fingerprint density at radius 3 is 2.83 bits per heavy atom. The van der Waals surface area contributed by atoms with Gasteiger partial charge in [0, 0.05) is 18.1 Å². The summed E-state index contributed by atoms with van der Waals surface area (Å²) in [6.45, 7) is 1.60. The molecule has 6 heteroatoms. The number of hydrazone groups is 1. The summed E-state index contributed by atoms with van der Waals surface area (Å²) in [5, 5.41) is 31.2. The molecule has 0 aliphatic heterocycles. The molecule has 0 spiro atoms. The molecular weight excluding hydrogens is 236 g/mol. The lowest BCUT2D eigenvalue weighted by Crippen LogP contribution is -2.18. The summed E-state index contributed by atoms with van der Waals surface area (Å²) in [6.07, 6.45) is 1.29. The van der Waals surface area contributed by atoms with Crippen molar-refractivity contribution in [2.24, 2.45) is 5.10 Å². The molecule has 98 valence electrons. The van der Waals surface area contributed by atoms with Crippen LogP contribution in [0.25, 0.3) is 0 Å². The highest BCUT2D eigenvalue weighted by atomic mass is 16.3. The van der Waals surface area contributed by atoms with Crippen LogP contribution >= 0.6 is 0 Å². The number of amides is 1. The monoisotopic (exact) mass is 252 g/mol. The standard InChI is InChI=1S/C12H16N2O4/c1-8(15)2-5-12(18)14-13-7-9-3-4-10(16)6-11(9)17/h3-4,6-8,15-17H,2,5H2,1H3,(H,14,18)/b13-7+/t8-/m1/s1. The van der Waals surface area contributed by atoms with Crippen molar-refractivity contribution in [3.05, 3.63) is 23.8 Å². The van der Waals surface area contributed by atoms with Crippen LogP contribution < -0.4 is 5.43 Å². The molecule has 1 aromatic rings. The molecule has 0 saturated heterocycles. The van der Waals surface area contributed by atoms with Gasteiger partial charge in [-0.3, -0.25) is 4.79 Å². The second-order valence-corrected chi connectivity index (χ2v) is 3.92. The number of nitrogens with one attached hydrogen (secondary N) is 1. The van der Waals surface area contributed by atoms with Gasteiger partial charge in [-0.05, 0) is 25.5 Å². The molecule has 0 unspecified atom stereocenters. The van der Waals surface area contributed by atoms with Crippen LogP contribution in [0.2, 0.25) is 0 Å². The first-order valence-corrected chi connectivity index (χ1v) is 5.51. The summed E-state index contributed by atoms with van der Waals surface area (Å²) in [5.74, 6) is -0.493. The van der Waals surface area contributed by atoms with E-state index in [1.165, 1.54) is 24.4 Å². The summed E-state index contributed by atoms with van der Waals surface area (Å²) < 4.78 is 0. The zero-order valence-electron chi connectivity index (χ0n) is 10.00. The average molecular weight is 252 g/mol. The van der Waals surface area contributed by atoms with Crippen LogP contribution in [0.5, 0.6) is 11.5 Å². The quantitative estimate of drug-likeness (QED) is 0.458. The van der Waals surface area contributed by atoms with Crippen molar-refractivity contribution in [2.75, 3.05) is 0 Å². The molecule has 18 heavy (non-hydrogen) atoms. The molecule has 1 amide bonds. The Kier molecular flexibility index (Phi) is 5.13. The number of phenolic OH excluding ortho intramolecular Hbond substituents is 2. The van der Waals surface area contributed by atoms with Crippen LogP contribution in [0.4, 0.5) is 0 Å². The molecular formula is C12H16N2O4. The Labute approximate surface area is 105 Å². The van der Waals surface area contributed by atoms with Gasteiger partial charge in [-0.25, -0.2) is 5.43 Å². The lowest BCUT2D eigenvalue weighted by Gasteiger charge is -2.02. The number of rotatable bonds is 5. The van der Waals surface area contributed by atoms with Gasteiger partial charge in [0.1, 0.15) is 11.5 Å². The number of hydrogen-bond acceptors (Lipinski definition) is 5. The minimum atomic E-state index is -0.527. The molecule has 0 heterocycles. The molecule has 1 atom stereocenters. The van der Waals surface area contributed by atoms with E-state index < -0.39 is 6.10 Å². The molecule has 1 aromatic carbocycles. The Morgan fingerprint density at radius 2 is 2.22 bits per heavy atom. The Balaban J connectivity index is 2.47. The zero-order chi connectivity index (χ0) is 13.5. The number of carbonyl (C=O) groups excluding carboxylic acids is 1. The van der Waals surface area contributed by atoms with Crippen LogP contribution in [0.15, 0.2) is 23.3 Å². The van der Waals surface area contributed by atoms with Gasteiger partial charge >= 0.3 is 0 Å². The smallest absolute Gasteiger partial charge is 0.240 e.